The molecular formula is C23H31N5O3. The van der Waals surface area contributed by atoms with Crippen LogP contribution < -0.4 is 19.5 Å². The molecule has 8 heteroatoms. The molecule has 0 saturated carbocycles. The number of nitrogens with zero attached hydrogens (tertiary/aromatic N) is 3. The van der Waals surface area contributed by atoms with Gasteiger partial charge in [0.2, 0.25) is 5.75 Å². The number of hydrogen-bond acceptors (Lipinski definition) is 6. The van der Waals surface area contributed by atoms with Crippen molar-refractivity contribution in [2.24, 2.45) is 5.41 Å². The largest absolute Gasteiger partial charge is 0.493 e. The number of methoxy groups -OCH3 is 3. The van der Waals surface area contributed by atoms with Crippen LogP contribution >= 0.6 is 0 Å². The van der Waals surface area contributed by atoms with Gasteiger partial charge in [-0.15, -0.1) is 0 Å². The number of aromatic nitrogens is 3. The molecule has 166 valence electrons. The highest BCUT2D eigenvalue weighted by Crippen LogP contribution is 2.43. The summed E-state index contributed by atoms with van der Waals surface area (Å²) in [4.78, 5) is 3.37. The van der Waals surface area contributed by atoms with Crippen molar-refractivity contribution < 1.29 is 14.2 Å². The molecular weight excluding hydrogens is 394 g/mol. The van der Waals surface area contributed by atoms with E-state index in [1.165, 1.54) is 0 Å². The monoisotopic (exact) mass is 425 g/mol. The highest BCUT2D eigenvalue weighted by molar-refractivity contribution is 5.81. The Morgan fingerprint density at radius 1 is 1.06 bits per heavy atom. The molecule has 0 radical (unpaired) electrons. The molecule has 0 spiro atoms. The number of ether oxygens (including phenoxy) is 3. The standard InChI is InChI=1S/C23H31N5O3/c1-22(2,3)13-23(4,5)27-21-18(26-20-15(11-24)12-25-28(20)21)14-9-16(29-6)19(31-8)17(10-14)30-7/h9-10,12,26-27H,13H2,1-8H3. The summed E-state index contributed by atoms with van der Waals surface area (Å²) in [5, 5.41) is 17.6. The van der Waals surface area contributed by atoms with Crippen LogP contribution in [0, 0.1) is 16.7 Å². The minimum atomic E-state index is -0.235. The van der Waals surface area contributed by atoms with Crippen molar-refractivity contribution in [3.05, 3.63) is 23.9 Å². The minimum absolute atomic E-state index is 0.126. The molecule has 3 rings (SSSR count). The van der Waals surface area contributed by atoms with Gasteiger partial charge in [0.1, 0.15) is 11.6 Å². The van der Waals surface area contributed by atoms with Gasteiger partial charge in [0.05, 0.1) is 33.2 Å². The summed E-state index contributed by atoms with van der Waals surface area (Å²) < 4.78 is 18.3. The smallest absolute Gasteiger partial charge is 0.203 e. The zero-order valence-corrected chi connectivity index (χ0v) is 19.5. The summed E-state index contributed by atoms with van der Waals surface area (Å²) >= 11 is 0. The van der Waals surface area contributed by atoms with Crippen LogP contribution in [-0.2, 0) is 0 Å². The third kappa shape index (κ3) is 4.41. The molecule has 0 amide bonds. The second kappa shape index (κ2) is 8.06. The van der Waals surface area contributed by atoms with Crippen molar-refractivity contribution >= 4 is 11.5 Å². The number of H-pyrrole nitrogens is 1. The first-order valence-electron chi connectivity index (χ1n) is 10.1. The number of anilines is 1. The third-order valence-electron chi connectivity index (χ3n) is 4.96. The van der Waals surface area contributed by atoms with E-state index >= 15 is 0 Å². The van der Waals surface area contributed by atoms with E-state index in [1.54, 1.807) is 32.0 Å². The molecule has 0 aliphatic rings. The van der Waals surface area contributed by atoms with Crippen molar-refractivity contribution in [2.45, 2.75) is 46.6 Å². The Hall–Kier alpha value is -3.34. The van der Waals surface area contributed by atoms with E-state index in [0.717, 1.165) is 23.5 Å². The molecule has 3 aromatic rings. The van der Waals surface area contributed by atoms with Crippen LogP contribution in [0.2, 0.25) is 0 Å². The zero-order chi connectivity index (χ0) is 23.0. The van der Waals surface area contributed by atoms with Crippen LogP contribution in [0.15, 0.2) is 18.3 Å². The number of aromatic amines is 1. The summed E-state index contributed by atoms with van der Waals surface area (Å²) in [5.74, 6) is 2.37. The molecule has 0 saturated heterocycles. The first kappa shape index (κ1) is 22.3. The Balaban J connectivity index is 2.23. The molecule has 2 aromatic heterocycles. The number of hydrogen-bond donors (Lipinski definition) is 2. The number of nitrogens with one attached hydrogen (secondary N) is 2. The second-order valence-corrected chi connectivity index (χ2v) is 9.44. The lowest BCUT2D eigenvalue weighted by atomic mass is 9.82. The first-order chi connectivity index (χ1) is 14.5. The summed E-state index contributed by atoms with van der Waals surface area (Å²) in [5.41, 5.74) is 2.58. The summed E-state index contributed by atoms with van der Waals surface area (Å²) in [7, 11) is 4.74. The van der Waals surface area contributed by atoms with E-state index in [0.29, 0.717) is 28.5 Å². The van der Waals surface area contributed by atoms with Gasteiger partial charge in [-0.25, -0.2) is 0 Å². The van der Waals surface area contributed by atoms with Crippen molar-refractivity contribution in [2.75, 3.05) is 26.6 Å². The van der Waals surface area contributed by atoms with E-state index in [9.17, 15) is 5.26 Å². The number of nitriles is 1. The van der Waals surface area contributed by atoms with Crippen LogP contribution in [0.5, 0.6) is 17.2 Å². The fraction of sp³-hybridized carbons (Fsp3) is 0.478. The van der Waals surface area contributed by atoms with Crippen molar-refractivity contribution in [1.29, 1.82) is 5.26 Å². The fourth-order valence-electron chi connectivity index (χ4n) is 4.24. The highest BCUT2D eigenvalue weighted by atomic mass is 16.5. The Bertz CT molecular complexity index is 1100. The van der Waals surface area contributed by atoms with Gasteiger partial charge in [0.25, 0.3) is 0 Å². The summed E-state index contributed by atoms with van der Waals surface area (Å²) in [6.45, 7) is 11.0. The van der Waals surface area contributed by atoms with Crippen LogP contribution in [0.25, 0.3) is 16.9 Å². The van der Waals surface area contributed by atoms with Gasteiger partial charge in [-0.2, -0.15) is 14.9 Å². The normalized spacial score (nSPS) is 12.0. The fourth-order valence-corrected chi connectivity index (χ4v) is 4.24. The van der Waals surface area contributed by atoms with Crippen molar-refractivity contribution in [3.8, 4) is 34.6 Å². The predicted molar refractivity (Wildman–Crippen MR) is 121 cm³/mol. The van der Waals surface area contributed by atoms with Gasteiger partial charge in [0.15, 0.2) is 23.0 Å². The summed E-state index contributed by atoms with van der Waals surface area (Å²) in [6.07, 6.45) is 2.49. The Morgan fingerprint density at radius 2 is 1.68 bits per heavy atom. The molecule has 0 fully saturated rings. The van der Waals surface area contributed by atoms with Gasteiger partial charge in [0, 0.05) is 11.1 Å². The van der Waals surface area contributed by atoms with Crippen LogP contribution in [0.1, 0.15) is 46.6 Å². The van der Waals surface area contributed by atoms with E-state index in [-0.39, 0.29) is 11.0 Å². The lowest BCUT2D eigenvalue weighted by Gasteiger charge is -2.34. The maximum absolute atomic E-state index is 9.51. The van der Waals surface area contributed by atoms with Crippen LogP contribution in [-0.4, -0.2) is 41.5 Å². The lowest BCUT2D eigenvalue weighted by Crippen LogP contribution is -2.36. The minimum Gasteiger partial charge on any atom is -0.493 e. The molecule has 31 heavy (non-hydrogen) atoms. The number of rotatable bonds is 7. The van der Waals surface area contributed by atoms with Gasteiger partial charge < -0.3 is 24.5 Å². The number of benzene rings is 1. The van der Waals surface area contributed by atoms with E-state index in [1.807, 2.05) is 12.1 Å². The molecule has 0 atom stereocenters. The summed E-state index contributed by atoms with van der Waals surface area (Å²) in [6, 6.07) is 5.95. The number of imidazole rings is 1. The van der Waals surface area contributed by atoms with Crippen molar-refractivity contribution in [1.82, 2.24) is 14.6 Å². The first-order valence-corrected chi connectivity index (χ1v) is 10.1. The van der Waals surface area contributed by atoms with E-state index in [4.69, 9.17) is 14.2 Å². The highest BCUT2D eigenvalue weighted by Gasteiger charge is 2.29. The van der Waals surface area contributed by atoms with Gasteiger partial charge in [-0.1, -0.05) is 20.8 Å². The average Bonchev–Trinajstić information content (AvgIpc) is 3.24. The molecule has 0 aliphatic heterocycles. The third-order valence-corrected chi connectivity index (χ3v) is 4.96. The average molecular weight is 426 g/mol. The molecule has 0 aliphatic carbocycles. The Kier molecular flexibility index (Phi) is 5.81. The van der Waals surface area contributed by atoms with Gasteiger partial charge >= 0.3 is 0 Å². The molecule has 8 nitrogen and oxygen atoms in total. The zero-order valence-electron chi connectivity index (χ0n) is 19.5. The quantitative estimate of drug-likeness (QED) is 0.561. The Morgan fingerprint density at radius 3 is 2.16 bits per heavy atom. The molecule has 2 heterocycles. The lowest BCUT2D eigenvalue weighted by molar-refractivity contribution is 0.302. The molecule has 0 unspecified atom stereocenters. The van der Waals surface area contributed by atoms with Crippen LogP contribution in [0.3, 0.4) is 0 Å². The Labute approximate surface area is 183 Å². The van der Waals surface area contributed by atoms with E-state index in [2.05, 4.69) is 56.1 Å². The van der Waals surface area contributed by atoms with Crippen LogP contribution in [0.4, 0.5) is 5.82 Å². The number of fused-ring (bicyclic) bond motifs is 1. The maximum atomic E-state index is 9.51. The second-order valence-electron chi connectivity index (χ2n) is 9.44. The van der Waals surface area contributed by atoms with Gasteiger partial charge in [-0.3, -0.25) is 0 Å². The van der Waals surface area contributed by atoms with Gasteiger partial charge in [-0.05, 0) is 37.8 Å². The maximum Gasteiger partial charge on any atom is 0.203 e. The van der Waals surface area contributed by atoms with Crippen molar-refractivity contribution in [3.63, 3.8) is 0 Å². The van der Waals surface area contributed by atoms with E-state index < -0.39 is 0 Å². The predicted octanol–water partition coefficient (Wildman–Crippen LogP) is 4.85. The molecule has 1 aromatic carbocycles. The molecule has 2 N–H and O–H groups in total. The topological polar surface area (TPSA) is 96.6 Å². The molecule has 0 bridgehead atoms. The SMILES string of the molecule is COc1cc(-c2[nH]c3c(C#N)cnn3c2NC(C)(C)CC(C)(C)C)cc(OC)c1OC.